The van der Waals surface area contributed by atoms with Crippen molar-refractivity contribution < 1.29 is 4.79 Å². The second-order valence-corrected chi connectivity index (χ2v) is 6.88. The lowest BCUT2D eigenvalue weighted by molar-refractivity contribution is 0.0948. The van der Waals surface area contributed by atoms with Crippen LogP contribution in [-0.4, -0.2) is 5.91 Å². The minimum absolute atomic E-state index is 0.0257. The van der Waals surface area contributed by atoms with Crippen molar-refractivity contribution in [2.75, 3.05) is 0 Å². The summed E-state index contributed by atoms with van der Waals surface area (Å²) < 4.78 is 0. The number of rotatable bonds is 6. The zero-order valence-electron chi connectivity index (χ0n) is 12.6. The summed E-state index contributed by atoms with van der Waals surface area (Å²) in [5, 5.41) is 7.22. The third-order valence-corrected chi connectivity index (χ3v) is 5.28. The fraction of sp³-hybridized carbons (Fsp3) is 0.105. The summed E-state index contributed by atoms with van der Waals surface area (Å²) in [6.07, 6.45) is 0. The average Bonchev–Trinajstić information content (AvgIpc) is 3.12. The summed E-state index contributed by atoms with van der Waals surface area (Å²) in [4.78, 5) is 13.5. The molecule has 1 N–H and O–H groups in total. The van der Waals surface area contributed by atoms with E-state index in [1.165, 1.54) is 5.56 Å². The highest BCUT2D eigenvalue weighted by molar-refractivity contribution is 7.98. The molecular weight excluding hydrogens is 322 g/mol. The molecule has 116 valence electrons. The topological polar surface area (TPSA) is 29.1 Å². The minimum Gasteiger partial charge on any atom is -0.348 e. The second-order valence-electron chi connectivity index (χ2n) is 5.08. The summed E-state index contributed by atoms with van der Waals surface area (Å²) in [5.74, 6) is 0.856. The van der Waals surface area contributed by atoms with E-state index in [0.717, 1.165) is 21.8 Å². The second kappa shape index (κ2) is 7.99. The van der Waals surface area contributed by atoms with Gasteiger partial charge in [-0.05, 0) is 40.1 Å². The molecule has 0 aliphatic heterocycles. The lowest BCUT2D eigenvalue weighted by Crippen LogP contribution is -2.23. The van der Waals surface area contributed by atoms with Gasteiger partial charge < -0.3 is 5.32 Å². The fourth-order valence-electron chi connectivity index (χ4n) is 2.19. The molecule has 1 heterocycles. The van der Waals surface area contributed by atoms with Gasteiger partial charge in [0.15, 0.2) is 0 Å². The molecule has 0 radical (unpaired) electrons. The first kappa shape index (κ1) is 15.8. The Kier molecular flexibility index (Phi) is 5.51. The Hall–Kier alpha value is -2.04. The quantitative estimate of drug-likeness (QED) is 0.642. The minimum atomic E-state index is -0.0257. The van der Waals surface area contributed by atoms with Crippen molar-refractivity contribution in [3.8, 4) is 0 Å². The number of carbonyl (C=O) groups is 1. The van der Waals surface area contributed by atoms with Gasteiger partial charge in [0.2, 0.25) is 0 Å². The van der Waals surface area contributed by atoms with Gasteiger partial charge in [-0.2, -0.15) is 11.3 Å². The largest absolute Gasteiger partial charge is 0.348 e. The van der Waals surface area contributed by atoms with Crippen LogP contribution in [0.5, 0.6) is 0 Å². The van der Waals surface area contributed by atoms with Crippen molar-refractivity contribution in [1.29, 1.82) is 0 Å². The number of nitrogens with one attached hydrogen (secondary N) is 1. The molecule has 0 fully saturated rings. The first-order chi connectivity index (χ1) is 11.3. The highest BCUT2D eigenvalue weighted by Crippen LogP contribution is 2.27. The van der Waals surface area contributed by atoms with Crippen LogP contribution in [-0.2, 0) is 12.3 Å². The first-order valence-electron chi connectivity index (χ1n) is 7.38. The van der Waals surface area contributed by atoms with Gasteiger partial charge in [-0.3, -0.25) is 4.79 Å². The van der Waals surface area contributed by atoms with Gasteiger partial charge in [-0.15, -0.1) is 11.8 Å². The van der Waals surface area contributed by atoms with E-state index in [4.69, 9.17) is 0 Å². The van der Waals surface area contributed by atoms with Crippen LogP contribution in [0.3, 0.4) is 0 Å². The molecular formula is C19H17NOS2. The molecule has 0 aliphatic rings. The van der Waals surface area contributed by atoms with Crippen molar-refractivity contribution in [1.82, 2.24) is 5.32 Å². The van der Waals surface area contributed by atoms with Crippen LogP contribution in [0.2, 0.25) is 0 Å². The van der Waals surface area contributed by atoms with Crippen molar-refractivity contribution in [2.45, 2.75) is 17.2 Å². The summed E-state index contributed by atoms with van der Waals surface area (Å²) in [6, 6.07) is 19.9. The molecule has 3 rings (SSSR count). The van der Waals surface area contributed by atoms with Gasteiger partial charge in [0, 0.05) is 17.2 Å². The maximum atomic E-state index is 12.5. The van der Waals surface area contributed by atoms with Gasteiger partial charge in [0.25, 0.3) is 5.91 Å². The number of carbonyl (C=O) groups excluding carboxylic acids is 1. The van der Waals surface area contributed by atoms with Gasteiger partial charge in [0.1, 0.15) is 0 Å². The molecule has 3 aromatic rings. The van der Waals surface area contributed by atoms with Crippen molar-refractivity contribution in [3.05, 3.63) is 88.1 Å². The Morgan fingerprint density at radius 2 is 1.74 bits per heavy atom. The third kappa shape index (κ3) is 4.47. The lowest BCUT2D eigenvalue weighted by atomic mass is 10.2. The SMILES string of the molecule is O=C(NCc1ccccc1)c1ccccc1SCc1ccsc1. The van der Waals surface area contributed by atoms with Crippen LogP contribution in [0, 0.1) is 0 Å². The molecule has 0 spiro atoms. The highest BCUT2D eigenvalue weighted by atomic mass is 32.2. The van der Waals surface area contributed by atoms with Crippen LogP contribution in [0.15, 0.2) is 76.3 Å². The number of amides is 1. The van der Waals surface area contributed by atoms with Crippen LogP contribution < -0.4 is 5.32 Å². The van der Waals surface area contributed by atoms with Gasteiger partial charge in [0.05, 0.1) is 5.56 Å². The Morgan fingerprint density at radius 1 is 0.957 bits per heavy atom. The smallest absolute Gasteiger partial charge is 0.252 e. The predicted octanol–water partition coefficient (Wildman–Crippen LogP) is 4.97. The third-order valence-electron chi connectivity index (χ3n) is 3.40. The summed E-state index contributed by atoms with van der Waals surface area (Å²) in [6.45, 7) is 0.545. The molecule has 4 heteroatoms. The highest BCUT2D eigenvalue weighted by Gasteiger charge is 2.11. The maximum absolute atomic E-state index is 12.5. The molecule has 2 nitrogen and oxygen atoms in total. The number of thiophene rings is 1. The molecule has 2 aromatic carbocycles. The molecule has 0 bridgehead atoms. The van der Waals surface area contributed by atoms with Gasteiger partial charge in [-0.25, -0.2) is 0 Å². The van der Waals surface area contributed by atoms with Crippen molar-refractivity contribution >= 4 is 29.0 Å². The number of hydrogen-bond donors (Lipinski definition) is 1. The number of benzene rings is 2. The fourth-order valence-corrected chi connectivity index (χ4v) is 3.96. The van der Waals surface area contributed by atoms with E-state index in [9.17, 15) is 4.79 Å². The Labute approximate surface area is 144 Å². The lowest BCUT2D eigenvalue weighted by Gasteiger charge is -2.10. The Balaban J connectivity index is 1.65. The van der Waals surface area contributed by atoms with E-state index in [1.54, 1.807) is 23.1 Å². The van der Waals surface area contributed by atoms with Gasteiger partial charge in [-0.1, -0.05) is 42.5 Å². The molecule has 0 atom stereocenters. The molecule has 0 saturated heterocycles. The number of hydrogen-bond acceptors (Lipinski definition) is 3. The average molecular weight is 339 g/mol. The predicted molar refractivity (Wildman–Crippen MR) is 97.9 cm³/mol. The van der Waals surface area contributed by atoms with E-state index < -0.39 is 0 Å². The van der Waals surface area contributed by atoms with E-state index in [2.05, 4.69) is 22.1 Å². The first-order valence-corrected chi connectivity index (χ1v) is 9.31. The normalized spacial score (nSPS) is 10.4. The molecule has 1 aromatic heterocycles. The zero-order valence-corrected chi connectivity index (χ0v) is 14.2. The van der Waals surface area contributed by atoms with E-state index >= 15 is 0 Å². The van der Waals surface area contributed by atoms with E-state index in [0.29, 0.717) is 6.54 Å². The van der Waals surface area contributed by atoms with Crippen LogP contribution in [0.25, 0.3) is 0 Å². The van der Waals surface area contributed by atoms with E-state index in [1.807, 2.05) is 54.6 Å². The van der Waals surface area contributed by atoms with Crippen LogP contribution in [0.4, 0.5) is 0 Å². The Morgan fingerprint density at radius 3 is 2.52 bits per heavy atom. The van der Waals surface area contributed by atoms with Crippen molar-refractivity contribution in [2.24, 2.45) is 0 Å². The molecule has 23 heavy (non-hydrogen) atoms. The van der Waals surface area contributed by atoms with E-state index in [-0.39, 0.29) is 5.91 Å². The zero-order chi connectivity index (χ0) is 15.9. The monoisotopic (exact) mass is 339 g/mol. The van der Waals surface area contributed by atoms with Crippen LogP contribution >= 0.6 is 23.1 Å². The Bertz CT molecular complexity index is 754. The molecule has 0 aliphatic carbocycles. The molecule has 0 unspecified atom stereocenters. The summed E-state index contributed by atoms with van der Waals surface area (Å²) in [7, 11) is 0. The number of thioether (sulfide) groups is 1. The molecule has 0 saturated carbocycles. The summed E-state index contributed by atoms with van der Waals surface area (Å²) in [5.41, 5.74) is 3.13. The van der Waals surface area contributed by atoms with Crippen LogP contribution in [0.1, 0.15) is 21.5 Å². The maximum Gasteiger partial charge on any atom is 0.252 e. The standard InChI is InChI=1S/C19H17NOS2/c21-19(20-12-15-6-2-1-3-7-15)17-8-4-5-9-18(17)23-14-16-10-11-22-13-16/h1-11,13H,12,14H2,(H,20,21). The van der Waals surface area contributed by atoms with Crippen molar-refractivity contribution in [3.63, 3.8) is 0 Å². The molecule has 1 amide bonds. The van der Waals surface area contributed by atoms with Gasteiger partial charge >= 0.3 is 0 Å². The summed E-state index contributed by atoms with van der Waals surface area (Å²) >= 11 is 3.40.